The van der Waals surface area contributed by atoms with E-state index in [2.05, 4.69) is 47.0 Å². The zero-order valence-electron chi connectivity index (χ0n) is 12.8. The van der Waals surface area contributed by atoms with Gasteiger partial charge in [0.15, 0.2) is 0 Å². The molecular weight excluding hydrogens is 350 g/mol. The second kappa shape index (κ2) is 7.01. The maximum Gasteiger partial charge on any atom is 0.257 e. The number of carbonyl (C=O) groups excluding carboxylic acids is 1. The summed E-state index contributed by atoms with van der Waals surface area (Å²) in [5.74, 6) is 1.73. The number of amides is 1. The van der Waals surface area contributed by atoms with E-state index in [4.69, 9.17) is 0 Å². The second-order valence-electron chi connectivity index (χ2n) is 5.81. The van der Waals surface area contributed by atoms with E-state index in [1.807, 2.05) is 22.7 Å². The van der Waals surface area contributed by atoms with Crippen LogP contribution in [-0.2, 0) is 0 Å². The third-order valence-corrected chi connectivity index (χ3v) is 5.07. The fourth-order valence-corrected chi connectivity index (χ4v) is 3.79. The van der Waals surface area contributed by atoms with Gasteiger partial charge in [-0.2, -0.15) is 11.8 Å². The molecule has 0 unspecified atom stereocenters. The summed E-state index contributed by atoms with van der Waals surface area (Å²) in [6.45, 7) is 8.86. The summed E-state index contributed by atoms with van der Waals surface area (Å²) in [6.07, 6.45) is 2.73. The van der Waals surface area contributed by atoms with Crippen LogP contribution in [0.1, 0.15) is 37.6 Å². The molecule has 6 heteroatoms. The standard InChI is InChI=1S/C15H22BrN3OS/c1-4-5-17-13-12(8-11(16)9-18-13)14(20)19-6-7-21-15(2,3)10-19/h8-9H,4-7,10H2,1-3H3,(H,17,18). The molecule has 1 amide bonds. The van der Waals surface area contributed by atoms with Crippen LogP contribution < -0.4 is 5.32 Å². The van der Waals surface area contributed by atoms with Crippen LogP contribution in [0.4, 0.5) is 5.82 Å². The Kier molecular flexibility index (Phi) is 5.54. The number of halogens is 1. The van der Waals surface area contributed by atoms with Crippen LogP contribution in [0, 0.1) is 0 Å². The number of aromatic nitrogens is 1. The third-order valence-electron chi connectivity index (χ3n) is 3.34. The lowest BCUT2D eigenvalue weighted by Crippen LogP contribution is -2.46. The summed E-state index contributed by atoms with van der Waals surface area (Å²) in [5.41, 5.74) is 0.653. The number of nitrogens with zero attached hydrogens (tertiary/aromatic N) is 2. The van der Waals surface area contributed by atoms with E-state index in [1.165, 1.54) is 0 Å². The van der Waals surface area contributed by atoms with Crippen molar-refractivity contribution in [2.75, 3.05) is 30.7 Å². The lowest BCUT2D eigenvalue weighted by atomic mass is 10.1. The molecule has 0 aliphatic carbocycles. The molecule has 0 saturated carbocycles. The van der Waals surface area contributed by atoms with Gasteiger partial charge in [-0.05, 0) is 42.3 Å². The number of hydrogen-bond donors (Lipinski definition) is 1. The normalized spacial score (nSPS) is 17.6. The van der Waals surface area contributed by atoms with Gasteiger partial charge in [0.25, 0.3) is 5.91 Å². The van der Waals surface area contributed by atoms with Crippen molar-refractivity contribution in [3.05, 3.63) is 22.3 Å². The van der Waals surface area contributed by atoms with E-state index in [9.17, 15) is 4.79 Å². The summed E-state index contributed by atoms with van der Waals surface area (Å²) >= 11 is 5.34. The first-order chi connectivity index (χ1) is 9.93. The van der Waals surface area contributed by atoms with Gasteiger partial charge in [-0.1, -0.05) is 6.92 Å². The zero-order chi connectivity index (χ0) is 15.5. The molecule has 1 aliphatic heterocycles. The van der Waals surface area contributed by atoms with Crippen LogP contribution >= 0.6 is 27.7 Å². The molecule has 1 saturated heterocycles. The highest BCUT2D eigenvalue weighted by atomic mass is 79.9. The largest absolute Gasteiger partial charge is 0.369 e. The Morgan fingerprint density at radius 3 is 3.00 bits per heavy atom. The molecule has 0 bridgehead atoms. The molecule has 0 radical (unpaired) electrons. The molecule has 1 aliphatic rings. The molecule has 1 aromatic heterocycles. The van der Waals surface area contributed by atoms with Gasteiger partial charge < -0.3 is 10.2 Å². The first-order valence-electron chi connectivity index (χ1n) is 7.25. The van der Waals surface area contributed by atoms with Crippen molar-refractivity contribution < 1.29 is 4.79 Å². The van der Waals surface area contributed by atoms with Crippen molar-refractivity contribution in [3.8, 4) is 0 Å². The Morgan fingerprint density at radius 1 is 1.57 bits per heavy atom. The van der Waals surface area contributed by atoms with Crippen molar-refractivity contribution in [1.29, 1.82) is 0 Å². The van der Waals surface area contributed by atoms with E-state index in [0.717, 1.165) is 36.3 Å². The highest BCUT2D eigenvalue weighted by molar-refractivity contribution is 9.10. The maximum atomic E-state index is 12.8. The molecule has 116 valence electrons. The molecule has 0 atom stereocenters. The van der Waals surface area contributed by atoms with Crippen molar-refractivity contribution in [2.45, 2.75) is 31.9 Å². The van der Waals surface area contributed by atoms with Crippen molar-refractivity contribution in [2.24, 2.45) is 0 Å². The molecule has 2 heterocycles. The van der Waals surface area contributed by atoms with Gasteiger partial charge >= 0.3 is 0 Å². The van der Waals surface area contributed by atoms with Crippen LogP contribution in [0.3, 0.4) is 0 Å². The predicted octanol–water partition coefficient (Wildman–Crippen LogP) is 3.63. The molecule has 4 nitrogen and oxygen atoms in total. The van der Waals surface area contributed by atoms with E-state index in [0.29, 0.717) is 11.4 Å². The Morgan fingerprint density at radius 2 is 2.33 bits per heavy atom. The summed E-state index contributed by atoms with van der Waals surface area (Å²) in [5, 5.41) is 3.25. The molecule has 1 N–H and O–H groups in total. The van der Waals surface area contributed by atoms with Gasteiger partial charge in [0.1, 0.15) is 5.82 Å². The molecule has 1 aromatic rings. The van der Waals surface area contributed by atoms with Crippen LogP contribution in [0.25, 0.3) is 0 Å². The minimum absolute atomic E-state index is 0.0655. The Balaban J connectivity index is 2.23. The van der Waals surface area contributed by atoms with Crippen LogP contribution in [0.2, 0.25) is 0 Å². The van der Waals surface area contributed by atoms with Gasteiger partial charge in [-0.25, -0.2) is 4.98 Å². The molecule has 1 fully saturated rings. The molecule has 0 spiro atoms. The van der Waals surface area contributed by atoms with Crippen molar-refractivity contribution in [3.63, 3.8) is 0 Å². The van der Waals surface area contributed by atoms with Crippen molar-refractivity contribution >= 4 is 39.4 Å². The topological polar surface area (TPSA) is 45.2 Å². The highest BCUT2D eigenvalue weighted by Crippen LogP contribution is 2.31. The zero-order valence-corrected chi connectivity index (χ0v) is 15.2. The number of anilines is 1. The monoisotopic (exact) mass is 371 g/mol. The minimum atomic E-state index is 0.0655. The van der Waals surface area contributed by atoms with Crippen LogP contribution in [0.5, 0.6) is 0 Å². The van der Waals surface area contributed by atoms with Gasteiger partial charge in [-0.3, -0.25) is 4.79 Å². The van der Waals surface area contributed by atoms with Gasteiger partial charge in [0, 0.05) is 40.8 Å². The Labute approximate surface area is 139 Å². The molecule has 0 aromatic carbocycles. The maximum absolute atomic E-state index is 12.8. The molecular formula is C15H22BrN3OS. The Hall–Kier alpha value is -0.750. The smallest absolute Gasteiger partial charge is 0.257 e. The summed E-state index contributed by atoms with van der Waals surface area (Å²) in [6, 6.07) is 1.86. The lowest BCUT2D eigenvalue weighted by Gasteiger charge is -2.37. The fraction of sp³-hybridized carbons (Fsp3) is 0.600. The number of pyridine rings is 1. The van der Waals surface area contributed by atoms with E-state index < -0.39 is 0 Å². The van der Waals surface area contributed by atoms with Gasteiger partial charge in [-0.15, -0.1) is 0 Å². The lowest BCUT2D eigenvalue weighted by molar-refractivity contribution is 0.0748. The predicted molar refractivity (Wildman–Crippen MR) is 93.2 cm³/mol. The summed E-state index contributed by atoms with van der Waals surface area (Å²) in [4.78, 5) is 19.1. The van der Waals surface area contributed by atoms with Gasteiger partial charge in [0.05, 0.1) is 5.56 Å². The first-order valence-corrected chi connectivity index (χ1v) is 9.03. The minimum Gasteiger partial charge on any atom is -0.369 e. The number of nitrogens with one attached hydrogen (secondary N) is 1. The average molecular weight is 372 g/mol. The number of rotatable bonds is 4. The van der Waals surface area contributed by atoms with Crippen LogP contribution in [0.15, 0.2) is 16.7 Å². The fourth-order valence-electron chi connectivity index (χ4n) is 2.35. The average Bonchev–Trinajstić information content (AvgIpc) is 2.44. The number of carbonyl (C=O) groups is 1. The molecule has 2 rings (SSSR count). The SMILES string of the molecule is CCCNc1ncc(Br)cc1C(=O)N1CCSC(C)(C)C1. The van der Waals surface area contributed by atoms with Crippen LogP contribution in [-0.4, -0.2) is 45.9 Å². The second-order valence-corrected chi connectivity index (χ2v) is 8.53. The number of hydrogen-bond acceptors (Lipinski definition) is 4. The quantitative estimate of drug-likeness (QED) is 0.877. The number of thioether (sulfide) groups is 1. The third kappa shape index (κ3) is 4.36. The van der Waals surface area contributed by atoms with Crippen molar-refractivity contribution in [1.82, 2.24) is 9.88 Å². The van der Waals surface area contributed by atoms with E-state index in [1.54, 1.807) is 6.20 Å². The summed E-state index contributed by atoms with van der Waals surface area (Å²) < 4.78 is 0.947. The molecule has 21 heavy (non-hydrogen) atoms. The highest BCUT2D eigenvalue weighted by Gasteiger charge is 2.31. The van der Waals surface area contributed by atoms with E-state index in [-0.39, 0.29) is 10.7 Å². The van der Waals surface area contributed by atoms with Gasteiger partial charge in [0.2, 0.25) is 0 Å². The Bertz CT molecular complexity index is 522. The van der Waals surface area contributed by atoms with E-state index >= 15 is 0 Å². The summed E-state index contributed by atoms with van der Waals surface area (Å²) in [7, 11) is 0. The first kappa shape index (κ1) is 16.6.